The molecule has 1 saturated carbocycles. The second-order valence-electron chi connectivity index (χ2n) is 4.60. The second kappa shape index (κ2) is 5.32. The van der Waals surface area contributed by atoms with E-state index in [1.54, 1.807) is 0 Å². The summed E-state index contributed by atoms with van der Waals surface area (Å²) in [5.74, 6) is 1.48. The Morgan fingerprint density at radius 2 is 2.38 bits per heavy atom. The Morgan fingerprint density at radius 3 is 2.94 bits per heavy atom. The summed E-state index contributed by atoms with van der Waals surface area (Å²) in [7, 11) is 2.04. The summed E-state index contributed by atoms with van der Waals surface area (Å²) >= 11 is 3.64. The molecule has 1 aromatic rings. The van der Waals surface area contributed by atoms with Crippen LogP contribution in [-0.2, 0) is 6.54 Å². The smallest absolute Gasteiger partial charge is 0.0635 e. The average Bonchev–Trinajstić information content (AvgIpc) is 2.58. The Morgan fingerprint density at radius 1 is 1.56 bits per heavy atom. The van der Waals surface area contributed by atoms with Crippen LogP contribution in [0.4, 0.5) is 0 Å². The molecule has 0 aliphatic heterocycles. The highest BCUT2D eigenvalue weighted by atomic mass is 79.9. The van der Waals surface area contributed by atoms with E-state index in [0.29, 0.717) is 5.92 Å². The first kappa shape index (κ1) is 12.1. The van der Waals surface area contributed by atoms with E-state index in [9.17, 15) is 0 Å². The van der Waals surface area contributed by atoms with Crippen LogP contribution in [0.5, 0.6) is 0 Å². The van der Waals surface area contributed by atoms with Gasteiger partial charge >= 0.3 is 0 Å². The van der Waals surface area contributed by atoms with Gasteiger partial charge < -0.3 is 5.32 Å². The van der Waals surface area contributed by atoms with Crippen molar-refractivity contribution < 1.29 is 0 Å². The van der Waals surface area contributed by atoms with Gasteiger partial charge in [0.15, 0.2) is 0 Å². The Labute approximate surface area is 106 Å². The largest absolute Gasteiger partial charge is 0.319 e. The number of rotatable bonds is 5. The van der Waals surface area contributed by atoms with E-state index in [-0.39, 0.29) is 0 Å². The van der Waals surface area contributed by atoms with Crippen LogP contribution in [0.15, 0.2) is 10.7 Å². The fourth-order valence-corrected chi connectivity index (χ4v) is 3.16. The highest BCUT2D eigenvalue weighted by Crippen LogP contribution is 2.44. The average molecular weight is 286 g/mol. The zero-order valence-corrected chi connectivity index (χ0v) is 11.6. The number of hydrogen-bond donors (Lipinski definition) is 1. The SMILES string of the molecule is CCCn1ncc(Br)c1C1CCC1CNC. The van der Waals surface area contributed by atoms with Crippen molar-refractivity contribution >= 4 is 15.9 Å². The molecular weight excluding hydrogens is 266 g/mol. The van der Waals surface area contributed by atoms with Crippen molar-refractivity contribution in [3.63, 3.8) is 0 Å². The van der Waals surface area contributed by atoms with E-state index in [4.69, 9.17) is 0 Å². The van der Waals surface area contributed by atoms with Gasteiger partial charge in [-0.15, -0.1) is 0 Å². The third-order valence-corrected chi connectivity index (χ3v) is 4.11. The molecule has 0 radical (unpaired) electrons. The van der Waals surface area contributed by atoms with E-state index < -0.39 is 0 Å². The summed E-state index contributed by atoms with van der Waals surface area (Å²) in [5, 5.41) is 7.74. The van der Waals surface area contributed by atoms with E-state index in [1.807, 2.05) is 13.2 Å². The molecule has 4 heteroatoms. The van der Waals surface area contributed by atoms with Gasteiger partial charge in [-0.25, -0.2) is 0 Å². The molecule has 3 nitrogen and oxygen atoms in total. The molecule has 2 rings (SSSR count). The van der Waals surface area contributed by atoms with Gasteiger partial charge in [0.05, 0.1) is 16.4 Å². The van der Waals surface area contributed by atoms with Crippen LogP contribution < -0.4 is 5.32 Å². The summed E-state index contributed by atoms with van der Waals surface area (Å²) in [6.45, 7) is 4.35. The van der Waals surface area contributed by atoms with Crippen molar-refractivity contribution in [3.05, 3.63) is 16.4 Å². The zero-order chi connectivity index (χ0) is 11.5. The second-order valence-corrected chi connectivity index (χ2v) is 5.46. The fourth-order valence-electron chi connectivity index (χ4n) is 2.57. The number of aryl methyl sites for hydroxylation is 1. The van der Waals surface area contributed by atoms with Gasteiger partial charge in [0.25, 0.3) is 0 Å². The molecule has 1 aliphatic carbocycles. The highest BCUT2D eigenvalue weighted by Gasteiger charge is 2.35. The summed E-state index contributed by atoms with van der Waals surface area (Å²) in [5.41, 5.74) is 1.41. The molecular formula is C12H20BrN3. The lowest BCUT2D eigenvalue weighted by Gasteiger charge is -2.37. The minimum Gasteiger partial charge on any atom is -0.319 e. The molecule has 1 aromatic heterocycles. The zero-order valence-electron chi connectivity index (χ0n) is 10.0. The van der Waals surface area contributed by atoms with Crippen LogP contribution in [0.2, 0.25) is 0 Å². The molecule has 90 valence electrons. The van der Waals surface area contributed by atoms with Crippen LogP contribution in [0.25, 0.3) is 0 Å². The van der Waals surface area contributed by atoms with Crippen molar-refractivity contribution in [1.82, 2.24) is 15.1 Å². The van der Waals surface area contributed by atoms with Crippen molar-refractivity contribution in [2.24, 2.45) is 5.92 Å². The van der Waals surface area contributed by atoms with E-state index in [1.165, 1.54) is 23.0 Å². The molecule has 1 fully saturated rings. The maximum absolute atomic E-state index is 4.45. The minimum atomic E-state index is 0.691. The summed E-state index contributed by atoms with van der Waals surface area (Å²) in [6.07, 6.45) is 5.74. The highest BCUT2D eigenvalue weighted by molar-refractivity contribution is 9.10. The molecule has 1 N–H and O–H groups in total. The number of nitrogens with one attached hydrogen (secondary N) is 1. The molecule has 0 saturated heterocycles. The van der Waals surface area contributed by atoms with E-state index >= 15 is 0 Å². The molecule has 1 heterocycles. The van der Waals surface area contributed by atoms with Crippen LogP contribution in [0.3, 0.4) is 0 Å². The molecule has 0 spiro atoms. The Bertz CT molecular complexity index is 348. The summed E-state index contributed by atoms with van der Waals surface area (Å²) in [6, 6.07) is 0. The number of halogens is 1. The van der Waals surface area contributed by atoms with Crippen molar-refractivity contribution in [3.8, 4) is 0 Å². The topological polar surface area (TPSA) is 29.9 Å². The van der Waals surface area contributed by atoms with E-state index in [0.717, 1.165) is 25.4 Å². The standard InChI is InChI=1S/C12H20BrN3/c1-3-6-16-12(11(13)8-15-16)10-5-4-9(10)7-14-2/h8-10,14H,3-7H2,1-2H3. The third-order valence-electron chi connectivity index (χ3n) is 3.50. The van der Waals surface area contributed by atoms with Crippen LogP contribution in [0, 0.1) is 5.92 Å². The minimum absolute atomic E-state index is 0.691. The number of aromatic nitrogens is 2. The van der Waals surface area contributed by atoms with Gasteiger partial charge in [-0.2, -0.15) is 5.10 Å². The van der Waals surface area contributed by atoms with Gasteiger partial charge in [-0.3, -0.25) is 4.68 Å². The van der Waals surface area contributed by atoms with Gasteiger partial charge in [0.2, 0.25) is 0 Å². The van der Waals surface area contributed by atoms with Gasteiger partial charge in [0, 0.05) is 12.5 Å². The monoisotopic (exact) mass is 285 g/mol. The molecule has 0 bridgehead atoms. The van der Waals surface area contributed by atoms with Crippen LogP contribution in [-0.4, -0.2) is 23.4 Å². The number of hydrogen-bond acceptors (Lipinski definition) is 2. The quantitative estimate of drug-likeness (QED) is 0.902. The molecule has 0 aromatic carbocycles. The first-order chi connectivity index (χ1) is 7.77. The summed E-state index contributed by atoms with van der Waals surface area (Å²) < 4.78 is 3.36. The number of nitrogens with zero attached hydrogens (tertiary/aromatic N) is 2. The van der Waals surface area contributed by atoms with Crippen molar-refractivity contribution in [1.29, 1.82) is 0 Å². The predicted molar refractivity (Wildman–Crippen MR) is 69.6 cm³/mol. The van der Waals surface area contributed by atoms with Crippen molar-refractivity contribution in [2.75, 3.05) is 13.6 Å². The maximum Gasteiger partial charge on any atom is 0.0635 e. The molecule has 1 aliphatic rings. The third kappa shape index (κ3) is 2.18. The molecule has 2 atom stereocenters. The molecule has 2 unspecified atom stereocenters. The van der Waals surface area contributed by atoms with E-state index in [2.05, 4.69) is 38.0 Å². The Balaban J connectivity index is 2.15. The summed E-state index contributed by atoms with van der Waals surface area (Å²) in [4.78, 5) is 0. The molecule has 0 amide bonds. The van der Waals surface area contributed by atoms with Crippen LogP contribution >= 0.6 is 15.9 Å². The maximum atomic E-state index is 4.45. The fraction of sp³-hybridized carbons (Fsp3) is 0.750. The predicted octanol–water partition coefficient (Wildman–Crippen LogP) is 2.77. The van der Waals surface area contributed by atoms with Gasteiger partial charge in [-0.05, 0) is 54.7 Å². The lowest BCUT2D eigenvalue weighted by molar-refractivity contribution is 0.237. The van der Waals surface area contributed by atoms with Crippen molar-refractivity contribution in [2.45, 2.75) is 38.6 Å². The Kier molecular flexibility index (Phi) is 4.03. The normalized spacial score (nSPS) is 24.4. The first-order valence-corrected chi connectivity index (χ1v) is 6.93. The van der Waals surface area contributed by atoms with Gasteiger partial charge in [-0.1, -0.05) is 6.92 Å². The van der Waals surface area contributed by atoms with Crippen LogP contribution in [0.1, 0.15) is 37.8 Å². The molecule has 16 heavy (non-hydrogen) atoms. The Hall–Kier alpha value is -0.350. The lowest BCUT2D eigenvalue weighted by Crippen LogP contribution is -2.33. The first-order valence-electron chi connectivity index (χ1n) is 6.13. The van der Waals surface area contributed by atoms with Gasteiger partial charge in [0.1, 0.15) is 0 Å². The lowest BCUT2D eigenvalue weighted by atomic mass is 9.72.